The van der Waals surface area contributed by atoms with Gasteiger partial charge >= 0.3 is 0 Å². The van der Waals surface area contributed by atoms with E-state index >= 15 is 0 Å². The first kappa shape index (κ1) is 32.2. The van der Waals surface area contributed by atoms with Crippen molar-refractivity contribution in [1.82, 2.24) is 10.6 Å². The Labute approximate surface area is 232 Å². The van der Waals surface area contributed by atoms with E-state index in [0.717, 1.165) is 18.4 Å². The van der Waals surface area contributed by atoms with Crippen LogP contribution in [0.5, 0.6) is 5.75 Å². The average molecular weight is 544 g/mol. The van der Waals surface area contributed by atoms with E-state index < -0.39 is 18.2 Å². The smallest absolute Gasteiger partial charge is 0.255 e. The molecule has 2 amide bonds. The minimum absolute atomic E-state index is 0.00103. The number of amides is 2. The molecule has 5 N–H and O–H groups in total. The predicted molar refractivity (Wildman–Crippen MR) is 152 cm³/mol. The first-order valence-electron chi connectivity index (χ1n) is 13.6. The Hall–Kier alpha value is -2.98. The highest BCUT2D eigenvalue weighted by Gasteiger charge is 2.25. The highest BCUT2D eigenvalue weighted by molar-refractivity contribution is 5.96. The fourth-order valence-electron chi connectivity index (χ4n) is 4.20. The van der Waals surface area contributed by atoms with E-state index in [0.29, 0.717) is 37.5 Å². The van der Waals surface area contributed by atoms with Gasteiger partial charge in [0.15, 0.2) is 6.10 Å². The minimum Gasteiger partial charge on any atom is -0.493 e. The van der Waals surface area contributed by atoms with Gasteiger partial charge in [-0.05, 0) is 48.8 Å². The number of unbranched alkanes of at least 4 members (excludes halogenated alkanes) is 1. The van der Waals surface area contributed by atoms with Gasteiger partial charge in [0.25, 0.3) is 11.8 Å². The Balaban J connectivity index is 1.87. The van der Waals surface area contributed by atoms with Crippen molar-refractivity contribution in [1.29, 1.82) is 0 Å². The topological polar surface area (TPSA) is 132 Å². The number of aliphatic hydroxyl groups is 1. The number of hydrogen-bond donors (Lipinski definition) is 4. The van der Waals surface area contributed by atoms with Crippen LogP contribution in [0.15, 0.2) is 54.6 Å². The summed E-state index contributed by atoms with van der Waals surface area (Å²) in [5.74, 6) is 0.207. The van der Waals surface area contributed by atoms with E-state index in [-0.39, 0.29) is 30.2 Å². The maximum Gasteiger partial charge on any atom is 0.255 e. The van der Waals surface area contributed by atoms with E-state index in [1.807, 2.05) is 36.4 Å². The number of methoxy groups -OCH3 is 2. The summed E-state index contributed by atoms with van der Waals surface area (Å²) in [6.45, 7) is 5.68. The summed E-state index contributed by atoms with van der Waals surface area (Å²) >= 11 is 0. The molecule has 9 nitrogen and oxygen atoms in total. The number of para-hydroxylation sites is 1. The van der Waals surface area contributed by atoms with Crippen molar-refractivity contribution in [2.75, 3.05) is 40.5 Å². The van der Waals surface area contributed by atoms with Crippen molar-refractivity contribution in [3.8, 4) is 5.75 Å². The predicted octanol–water partition coefficient (Wildman–Crippen LogP) is 3.08. The SMILES string of the molecule is COCCCCOc1ccccc1C(=O)NCC(CC(N)C(O)CNC(=O)[C@H](OC)c1ccccc1)C(C)C. The Morgan fingerprint density at radius 1 is 0.923 bits per heavy atom. The maximum atomic E-state index is 13.0. The third-order valence-corrected chi connectivity index (χ3v) is 6.73. The van der Waals surface area contributed by atoms with Crippen LogP contribution in [-0.2, 0) is 14.3 Å². The molecule has 9 heteroatoms. The molecule has 2 rings (SSSR count). The number of benzene rings is 2. The number of aliphatic hydroxyl groups excluding tert-OH is 1. The fraction of sp³-hybridized carbons (Fsp3) is 0.533. The molecule has 216 valence electrons. The lowest BCUT2D eigenvalue weighted by Gasteiger charge is -2.28. The zero-order valence-corrected chi connectivity index (χ0v) is 23.6. The van der Waals surface area contributed by atoms with Gasteiger partial charge in [-0.2, -0.15) is 0 Å². The van der Waals surface area contributed by atoms with Gasteiger partial charge in [0.2, 0.25) is 0 Å². The van der Waals surface area contributed by atoms with Crippen LogP contribution in [0, 0.1) is 11.8 Å². The lowest BCUT2D eigenvalue weighted by atomic mass is 9.87. The monoisotopic (exact) mass is 543 g/mol. The minimum atomic E-state index is -0.952. The van der Waals surface area contributed by atoms with Crippen molar-refractivity contribution in [3.05, 3.63) is 65.7 Å². The van der Waals surface area contributed by atoms with Gasteiger partial charge in [0.05, 0.1) is 18.3 Å². The second kappa shape index (κ2) is 17.6. The van der Waals surface area contributed by atoms with Crippen molar-refractivity contribution >= 4 is 11.8 Å². The molecule has 0 heterocycles. The molecule has 39 heavy (non-hydrogen) atoms. The van der Waals surface area contributed by atoms with Crippen molar-refractivity contribution in [3.63, 3.8) is 0 Å². The van der Waals surface area contributed by atoms with E-state index in [4.69, 9.17) is 19.9 Å². The number of nitrogens with one attached hydrogen (secondary N) is 2. The maximum absolute atomic E-state index is 13.0. The van der Waals surface area contributed by atoms with Crippen LogP contribution in [0.4, 0.5) is 0 Å². The highest BCUT2D eigenvalue weighted by Crippen LogP contribution is 2.21. The van der Waals surface area contributed by atoms with Gasteiger partial charge in [-0.3, -0.25) is 9.59 Å². The first-order chi connectivity index (χ1) is 18.8. The van der Waals surface area contributed by atoms with Gasteiger partial charge in [0.1, 0.15) is 5.75 Å². The van der Waals surface area contributed by atoms with Crippen molar-refractivity contribution in [2.45, 2.75) is 51.4 Å². The number of carbonyl (C=O) groups is 2. The summed E-state index contributed by atoms with van der Waals surface area (Å²) < 4.78 is 16.2. The molecule has 0 aliphatic carbocycles. The molecule has 3 unspecified atom stereocenters. The lowest BCUT2D eigenvalue weighted by Crippen LogP contribution is -2.46. The Kier molecular flexibility index (Phi) is 14.5. The summed E-state index contributed by atoms with van der Waals surface area (Å²) in [6.07, 6.45) is 0.463. The lowest BCUT2D eigenvalue weighted by molar-refractivity contribution is -0.132. The van der Waals surface area contributed by atoms with Gasteiger partial charge in [0, 0.05) is 40.0 Å². The molecular weight excluding hydrogens is 498 g/mol. The van der Waals surface area contributed by atoms with Crippen molar-refractivity contribution < 1.29 is 28.9 Å². The molecule has 0 spiro atoms. The normalized spacial score (nSPS) is 14.3. The molecule has 0 saturated heterocycles. The first-order valence-corrected chi connectivity index (χ1v) is 13.6. The molecular formula is C30H45N3O6. The quantitative estimate of drug-likeness (QED) is 0.213. The summed E-state index contributed by atoms with van der Waals surface area (Å²) in [7, 11) is 3.13. The van der Waals surface area contributed by atoms with Crippen LogP contribution in [0.1, 0.15) is 55.1 Å². The summed E-state index contributed by atoms with van der Waals surface area (Å²) in [5, 5.41) is 16.4. The molecule has 0 radical (unpaired) electrons. The third kappa shape index (κ3) is 11.0. The van der Waals surface area contributed by atoms with Crippen LogP contribution in [-0.4, -0.2) is 69.6 Å². The van der Waals surface area contributed by atoms with Crippen LogP contribution >= 0.6 is 0 Å². The van der Waals surface area contributed by atoms with E-state index in [9.17, 15) is 14.7 Å². The van der Waals surface area contributed by atoms with Gasteiger partial charge in [-0.1, -0.05) is 56.3 Å². The molecule has 0 fully saturated rings. The van der Waals surface area contributed by atoms with E-state index in [1.165, 1.54) is 7.11 Å². The molecule has 0 aliphatic heterocycles. The molecule has 0 aliphatic rings. The standard InChI is InChI=1S/C30H45N3O6/c1-21(2)23(19-32-29(35)24-14-8-9-15-27(24)39-17-11-10-16-37-3)18-25(31)26(34)20-33-30(36)28(38-4)22-12-6-5-7-13-22/h5-9,12-15,21,23,25-26,28,34H,10-11,16-20,31H2,1-4H3,(H,32,35)(H,33,36)/t23?,25?,26?,28-/m1/s1. The molecule has 2 aromatic rings. The number of ether oxygens (including phenoxy) is 3. The molecule has 0 aromatic heterocycles. The summed E-state index contributed by atoms with van der Waals surface area (Å²) in [5.41, 5.74) is 7.52. The number of nitrogens with two attached hydrogens (primary N) is 1. The second-order valence-corrected chi connectivity index (χ2v) is 10.00. The second-order valence-electron chi connectivity index (χ2n) is 10.00. The average Bonchev–Trinajstić information content (AvgIpc) is 2.94. The Morgan fingerprint density at radius 2 is 1.59 bits per heavy atom. The van der Waals surface area contributed by atoms with E-state index in [2.05, 4.69) is 24.5 Å². The number of carbonyl (C=O) groups excluding carboxylic acids is 2. The molecule has 2 aromatic carbocycles. The zero-order chi connectivity index (χ0) is 28.6. The van der Waals surface area contributed by atoms with Crippen LogP contribution in [0.3, 0.4) is 0 Å². The van der Waals surface area contributed by atoms with Crippen LogP contribution in [0.25, 0.3) is 0 Å². The Bertz CT molecular complexity index is 988. The third-order valence-electron chi connectivity index (χ3n) is 6.73. The molecule has 0 bridgehead atoms. The van der Waals surface area contributed by atoms with Gasteiger partial charge < -0.3 is 35.7 Å². The molecule has 4 atom stereocenters. The van der Waals surface area contributed by atoms with Gasteiger partial charge in [-0.15, -0.1) is 0 Å². The largest absolute Gasteiger partial charge is 0.493 e. The number of rotatable bonds is 18. The summed E-state index contributed by atoms with van der Waals surface area (Å²) in [6, 6.07) is 15.7. The van der Waals surface area contributed by atoms with Crippen molar-refractivity contribution in [2.24, 2.45) is 17.6 Å². The zero-order valence-electron chi connectivity index (χ0n) is 23.6. The van der Waals surface area contributed by atoms with Crippen LogP contribution < -0.4 is 21.1 Å². The van der Waals surface area contributed by atoms with Crippen LogP contribution in [0.2, 0.25) is 0 Å². The van der Waals surface area contributed by atoms with Gasteiger partial charge in [-0.25, -0.2) is 0 Å². The highest BCUT2D eigenvalue weighted by atomic mass is 16.5. The van der Waals surface area contributed by atoms with E-state index in [1.54, 1.807) is 25.3 Å². The molecule has 0 saturated carbocycles. The Morgan fingerprint density at radius 3 is 2.26 bits per heavy atom. The number of hydrogen-bond acceptors (Lipinski definition) is 7. The fourth-order valence-corrected chi connectivity index (χ4v) is 4.20. The summed E-state index contributed by atoms with van der Waals surface area (Å²) in [4.78, 5) is 25.6.